The molecule has 0 saturated heterocycles. The van der Waals surface area contributed by atoms with Crippen molar-refractivity contribution in [1.82, 2.24) is 24.3 Å². The lowest BCUT2D eigenvalue weighted by Gasteiger charge is -2.19. The summed E-state index contributed by atoms with van der Waals surface area (Å²) in [5.41, 5.74) is -0.958. The third kappa shape index (κ3) is 7.55. The third-order valence-electron chi connectivity index (χ3n) is 6.07. The number of rotatable bonds is 11. The average molecular weight is 645 g/mol. The standard InChI is InChI=1S/C27H23ClF6N6O4/c1-14-8-9-35-22(28)21(14)36-24(41)17-10-18(29)23(37-25(17)44-15(2)27(32,33)34)40-26(42)39(11-19(30)31)20(38-40)13-43-12-16-6-4-3-5-7-16/h3-10,15,19H,11-13H2,1-2H3,(H,36,41). The molecule has 0 aliphatic carbocycles. The van der Waals surface area contributed by atoms with Gasteiger partial charge in [0.2, 0.25) is 5.88 Å². The fraction of sp³-hybridized carbons (Fsp3) is 0.296. The van der Waals surface area contributed by atoms with Gasteiger partial charge in [0.15, 0.2) is 28.7 Å². The molecule has 4 rings (SSSR count). The van der Waals surface area contributed by atoms with E-state index in [4.69, 9.17) is 21.1 Å². The van der Waals surface area contributed by atoms with Crippen molar-refractivity contribution < 1.29 is 40.6 Å². The predicted molar refractivity (Wildman–Crippen MR) is 145 cm³/mol. The van der Waals surface area contributed by atoms with Crippen LogP contribution in [0.3, 0.4) is 0 Å². The van der Waals surface area contributed by atoms with Crippen LogP contribution in [0.25, 0.3) is 5.82 Å². The molecule has 0 bridgehead atoms. The quantitative estimate of drug-likeness (QED) is 0.170. The summed E-state index contributed by atoms with van der Waals surface area (Å²) in [5, 5.41) is 6.03. The van der Waals surface area contributed by atoms with Crippen LogP contribution in [-0.2, 0) is 24.5 Å². The lowest BCUT2D eigenvalue weighted by molar-refractivity contribution is -0.190. The fourth-order valence-corrected chi connectivity index (χ4v) is 4.04. The van der Waals surface area contributed by atoms with Crippen molar-refractivity contribution in [2.45, 2.75) is 52.3 Å². The Bertz CT molecular complexity index is 1680. The van der Waals surface area contributed by atoms with E-state index in [2.05, 4.69) is 20.4 Å². The minimum Gasteiger partial charge on any atom is -0.464 e. The van der Waals surface area contributed by atoms with Crippen molar-refractivity contribution in [2.24, 2.45) is 0 Å². The smallest absolute Gasteiger partial charge is 0.425 e. The molecular formula is C27H23ClF6N6O4. The van der Waals surface area contributed by atoms with E-state index in [1.807, 2.05) is 0 Å². The van der Waals surface area contributed by atoms with Gasteiger partial charge in [-0.2, -0.15) is 22.8 Å². The number of pyridine rings is 2. The molecule has 44 heavy (non-hydrogen) atoms. The van der Waals surface area contributed by atoms with Gasteiger partial charge in [0.25, 0.3) is 12.3 Å². The molecule has 1 unspecified atom stereocenters. The summed E-state index contributed by atoms with van der Waals surface area (Å²) in [7, 11) is 0. The lowest BCUT2D eigenvalue weighted by Crippen LogP contribution is -2.33. The number of nitrogens with zero attached hydrogens (tertiary/aromatic N) is 5. The van der Waals surface area contributed by atoms with Gasteiger partial charge in [0, 0.05) is 6.20 Å². The van der Waals surface area contributed by atoms with Gasteiger partial charge in [-0.25, -0.2) is 22.9 Å². The SMILES string of the molecule is Cc1ccnc(Cl)c1NC(=O)c1cc(F)c(-n2nc(COCc3ccccc3)n(CC(F)F)c2=O)nc1OC(C)C(F)(F)F. The molecular weight excluding hydrogens is 622 g/mol. The van der Waals surface area contributed by atoms with Gasteiger partial charge >= 0.3 is 11.9 Å². The van der Waals surface area contributed by atoms with Gasteiger partial charge in [-0.15, -0.1) is 5.10 Å². The molecule has 17 heteroatoms. The van der Waals surface area contributed by atoms with Crippen LogP contribution >= 0.6 is 11.6 Å². The number of hydrogen-bond acceptors (Lipinski definition) is 7. The van der Waals surface area contributed by atoms with E-state index in [1.54, 1.807) is 37.3 Å². The first kappa shape index (κ1) is 32.5. The molecule has 3 heterocycles. The van der Waals surface area contributed by atoms with Crippen molar-refractivity contribution >= 4 is 23.2 Å². The molecule has 0 spiro atoms. The van der Waals surface area contributed by atoms with Crippen LogP contribution in [0.5, 0.6) is 5.88 Å². The maximum absolute atomic E-state index is 15.5. The lowest BCUT2D eigenvalue weighted by atomic mass is 10.2. The zero-order valence-electron chi connectivity index (χ0n) is 22.9. The van der Waals surface area contributed by atoms with E-state index in [-0.39, 0.29) is 28.0 Å². The number of carbonyl (C=O) groups excluding carboxylic acids is 1. The maximum Gasteiger partial charge on any atom is 0.425 e. The van der Waals surface area contributed by atoms with Gasteiger partial charge in [0.1, 0.15) is 12.2 Å². The van der Waals surface area contributed by atoms with Crippen molar-refractivity contribution in [3.63, 3.8) is 0 Å². The van der Waals surface area contributed by atoms with Crippen LogP contribution in [0.1, 0.15) is 34.2 Å². The van der Waals surface area contributed by atoms with E-state index in [0.717, 1.165) is 5.56 Å². The number of aromatic nitrogens is 5. The Morgan fingerprint density at radius 3 is 2.48 bits per heavy atom. The number of hydrogen-bond donors (Lipinski definition) is 1. The third-order valence-corrected chi connectivity index (χ3v) is 6.36. The monoisotopic (exact) mass is 644 g/mol. The summed E-state index contributed by atoms with van der Waals surface area (Å²) in [6.07, 6.45) is -9.17. The van der Waals surface area contributed by atoms with Gasteiger partial charge in [0.05, 0.1) is 18.8 Å². The second kappa shape index (κ2) is 13.5. The molecule has 0 fully saturated rings. The highest BCUT2D eigenvalue weighted by atomic mass is 35.5. The van der Waals surface area contributed by atoms with Gasteiger partial charge in [-0.3, -0.25) is 9.36 Å². The summed E-state index contributed by atoms with van der Waals surface area (Å²) >= 11 is 6.02. The Morgan fingerprint density at radius 1 is 1.14 bits per heavy atom. The molecule has 0 aliphatic rings. The number of amides is 1. The van der Waals surface area contributed by atoms with Crippen molar-refractivity contribution in [2.75, 3.05) is 5.32 Å². The van der Waals surface area contributed by atoms with Gasteiger partial charge in [-0.1, -0.05) is 41.9 Å². The van der Waals surface area contributed by atoms with Crippen LogP contribution in [0.2, 0.25) is 5.15 Å². The minimum absolute atomic E-state index is 0.0134. The summed E-state index contributed by atoms with van der Waals surface area (Å²) in [6.45, 7) is 0.564. The Balaban J connectivity index is 1.76. The Hall–Kier alpha value is -4.44. The van der Waals surface area contributed by atoms with E-state index in [9.17, 15) is 31.5 Å². The first-order valence-corrected chi connectivity index (χ1v) is 13.1. The molecule has 3 aromatic heterocycles. The number of alkyl halides is 5. The molecule has 1 aromatic carbocycles. The van der Waals surface area contributed by atoms with E-state index in [0.29, 0.717) is 23.1 Å². The topological polar surface area (TPSA) is 113 Å². The predicted octanol–water partition coefficient (Wildman–Crippen LogP) is 5.49. The van der Waals surface area contributed by atoms with Crippen LogP contribution < -0.4 is 15.7 Å². The molecule has 1 N–H and O–H groups in total. The van der Waals surface area contributed by atoms with Gasteiger partial charge < -0.3 is 14.8 Å². The first-order chi connectivity index (χ1) is 20.8. The van der Waals surface area contributed by atoms with Crippen molar-refractivity contribution in [1.29, 1.82) is 0 Å². The van der Waals surface area contributed by atoms with Gasteiger partial charge in [-0.05, 0) is 37.1 Å². The Kier molecular flexibility index (Phi) is 9.94. The molecule has 0 saturated carbocycles. The fourth-order valence-electron chi connectivity index (χ4n) is 3.79. The molecule has 1 atom stereocenters. The van der Waals surface area contributed by atoms with E-state index < -0.39 is 66.5 Å². The number of nitrogens with one attached hydrogen (secondary N) is 1. The highest BCUT2D eigenvalue weighted by Gasteiger charge is 2.39. The molecule has 10 nitrogen and oxygen atoms in total. The summed E-state index contributed by atoms with van der Waals surface area (Å²) in [4.78, 5) is 33.7. The number of anilines is 1. The van der Waals surface area contributed by atoms with Crippen LogP contribution in [0, 0.1) is 12.7 Å². The summed E-state index contributed by atoms with van der Waals surface area (Å²) < 4.78 is 93.5. The largest absolute Gasteiger partial charge is 0.464 e. The highest BCUT2D eigenvalue weighted by Crippen LogP contribution is 2.30. The van der Waals surface area contributed by atoms with Crippen LogP contribution in [0.15, 0.2) is 53.5 Å². The molecule has 234 valence electrons. The molecule has 0 aliphatic heterocycles. The van der Waals surface area contributed by atoms with Crippen LogP contribution in [-0.4, -0.2) is 48.9 Å². The minimum atomic E-state index is -4.94. The summed E-state index contributed by atoms with van der Waals surface area (Å²) in [6, 6.07) is 10.7. The number of carbonyl (C=O) groups is 1. The zero-order valence-corrected chi connectivity index (χ0v) is 23.7. The average Bonchev–Trinajstić information content (AvgIpc) is 3.25. The molecule has 0 radical (unpaired) electrons. The van der Waals surface area contributed by atoms with Crippen molar-refractivity contribution in [3.05, 3.63) is 92.6 Å². The second-order valence-electron chi connectivity index (χ2n) is 9.29. The number of ether oxygens (including phenoxy) is 2. The van der Waals surface area contributed by atoms with E-state index in [1.165, 1.54) is 12.3 Å². The molecule has 4 aromatic rings. The highest BCUT2D eigenvalue weighted by molar-refractivity contribution is 6.33. The van der Waals surface area contributed by atoms with Crippen molar-refractivity contribution in [3.8, 4) is 11.7 Å². The molecule has 1 amide bonds. The second-order valence-corrected chi connectivity index (χ2v) is 9.64. The number of aryl methyl sites for hydroxylation is 1. The Labute approximate surface area is 250 Å². The zero-order chi connectivity index (χ0) is 32.2. The summed E-state index contributed by atoms with van der Waals surface area (Å²) in [5.74, 6) is -4.96. The number of halogens is 7. The van der Waals surface area contributed by atoms with Crippen LogP contribution in [0.4, 0.5) is 32.0 Å². The maximum atomic E-state index is 15.5. The number of benzene rings is 1. The normalized spacial score (nSPS) is 12.4. The Morgan fingerprint density at radius 2 is 1.84 bits per heavy atom. The van der Waals surface area contributed by atoms with E-state index >= 15 is 4.39 Å². The first-order valence-electron chi connectivity index (χ1n) is 12.7.